The molecule has 0 unspecified atom stereocenters. The van der Waals surface area contributed by atoms with Crippen LogP contribution in [-0.4, -0.2) is 5.78 Å². The lowest BCUT2D eigenvalue weighted by atomic mass is 9.78. The SMILES string of the molecule is CC1(C)CCC2=C(Sc3ccccc3N2)C1=O. The van der Waals surface area contributed by atoms with Gasteiger partial charge in [0.25, 0.3) is 0 Å². The number of nitrogens with one attached hydrogen (secondary N) is 1. The average molecular weight is 245 g/mol. The van der Waals surface area contributed by atoms with Crippen molar-refractivity contribution in [2.24, 2.45) is 5.41 Å². The van der Waals surface area contributed by atoms with Gasteiger partial charge in [0.05, 0.1) is 10.6 Å². The van der Waals surface area contributed by atoms with Gasteiger partial charge in [-0.2, -0.15) is 0 Å². The summed E-state index contributed by atoms with van der Waals surface area (Å²) in [6, 6.07) is 8.16. The van der Waals surface area contributed by atoms with Crippen LogP contribution >= 0.6 is 11.8 Å². The number of hydrogen-bond acceptors (Lipinski definition) is 3. The van der Waals surface area contributed by atoms with Crippen molar-refractivity contribution >= 4 is 23.2 Å². The number of benzene rings is 1. The number of allylic oxidation sites excluding steroid dienone is 2. The van der Waals surface area contributed by atoms with Gasteiger partial charge in [-0.1, -0.05) is 37.7 Å². The highest BCUT2D eigenvalue weighted by atomic mass is 32.2. The first kappa shape index (κ1) is 10.9. The van der Waals surface area contributed by atoms with Crippen molar-refractivity contribution in [2.45, 2.75) is 31.6 Å². The van der Waals surface area contributed by atoms with Gasteiger partial charge in [0.15, 0.2) is 5.78 Å². The molecule has 1 aromatic rings. The van der Waals surface area contributed by atoms with Crippen molar-refractivity contribution in [1.82, 2.24) is 0 Å². The van der Waals surface area contributed by atoms with Gasteiger partial charge in [0.1, 0.15) is 0 Å². The van der Waals surface area contributed by atoms with E-state index >= 15 is 0 Å². The van der Waals surface area contributed by atoms with Gasteiger partial charge in [0.2, 0.25) is 0 Å². The molecule has 1 aromatic carbocycles. The van der Waals surface area contributed by atoms with E-state index in [9.17, 15) is 4.79 Å². The standard InChI is InChI=1S/C14H15NOS/c1-14(2)8-7-10-12(13(14)16)17-11-6-4-3-5-9(11)15-10/h3-6,15H,7-8H2,1-2H3. The number of Topliss-reactive ketones (excluding diaryl/α,β-unsaturated/α-hetero) is 1. The Morgan fingerprint density at radius 2 is 2.06 bits per heavy atom. The zero-order valence-electron chi connectivity index (χ0n) is 10.0. The van der Waals surface area contributed by atoms with Gasteiger partial charge in [-0.3, -0.25) is 4.79 Å². The lowest BCUT2D eigenvalue weighted by molar-refractivity contribution is -0.123. The number of ketones is 1. The van der Waals surface area contributed by atoms with Crippen LogP contribution < -0.4 is 5.32 Å². The third-order valence-electron chi connectivity index (χ3n) is 3.48. The fraction of sp³-hybridized carbons (Fsp3) is 0.357. The molecule has 2 nitrogen and oxygen atoms in total. The second-order valence-electron chi connectivity index (χ2n) is 5.24. The van der Waals surface area contributed by atoms with E-state index in [1.807, 2.05) is 26.0 Å². The highest BCUT2D eigenvalue weighted by molar-refractivity contribution is 8.04. The first-order chi connectivity index (χ1) is 8.08. The van der Waals surface area contributed by atoms with E-state index in [1.165, 1.54) is 0 Å². The van der Waals surface area contributed by atoms with Gasteiger partial charge < -0.3 is 5.32 Å². The predicted molar refractivity (Wildman–Crippen MR) is 71.0 cm³/mol. The van der Waals surface area contributed by atoms with E-state index in [-0.39, 0.29) is 11.2 Å². The number of fused-ring (bicyclic) bond motifs is 1. The molecule has 1 heterocycles. The van der Waals surface area contributed by atoms with Crippen molar-refractivity contribution in [2.75, 3.05) is 5.32 Å². The summed E-state index contributed by atoms with van der Waals surface area (Å²) in [5.41, 5.74) is 2.03. The molecule has 0 fully saturated rings. The van der Waals surface area contributed by atoms with Crippen molar-refractivity contribution in [3.05, 3.63) is 34.9 Å². The number of carbonyl (C=O) groups excluding carboxylic acids is 1. The Hall–Kier alpha value is -1.22. The molecule has 0 atom stereocenters. The minimum Gasteiger partial charge on any atom is -0.357 e. The molecule has 0 amide bonds. The van der Waals surface area contributed by atoms with Crippen molar-refractivity contribution in [1.29, 1.82) is 0 Å². The Balaban J connectivity index is 2.03. The van der Waals surface area contributed by atoms with Crippen molar-refractivity contribution < 1.29 is 4.79 Å². The minimum absolute atomic E-state index is 0.209. The lowest BCUT2D eigenvalue weighted by Crippen LogP contribution is -2.32. The summed E-state index contributed by atoms with van der Waals surface area (Å²) in [7, 11) is 0. The Kier molecular flexibility index (Phi) is 2.33. The highest BCUT2D eigenvalue weighted by Crippen LogP contribution is 2.47. The minimum atomic E-state index is -0.209. The molecule has 0 saturated carbocycles. The van der Waals surface area contributed by atoms with Crippen LogP contribution in [0.4, 0.5) is 5.69 Å². The molecule has 1 N–H and O–H groups in total. The van der Waals surface area contributed by atoms with Crippen LogP contribution in [-0.2, 0) is 4.79 Å². The monoisotopic (exact) mass is 245 g/mol. The first-order valence-electron chi connectivity index (χ1n) is 5.90. The summed E-state index contributed by atoms with van der Waals surface area (Å²) < 4.78 is 0. The molecule has 2 aliphatic rings. The normalized spacial score (nSPS) is 21.6. The van der Waals surface area contributed by atoms with Crippen molar-refractivity contribution in [3.8, 4) is 0 Å². The summed E-state index contributed by atoms with van der Waals surface area (Å²) in [6.45, 7) is 4.08. The molecule has 1 aliphatic heterocycles. The van der Waals surface area contributed by atoms with Crippen LogP contribution in [0.15, 0.2) is 39.8 Å². The molecular formula is C14H15NOS. The van der Waals surface area contributed by atoms with Gasteiger partial charge in [-0.25, -0.2) is 0 Å². The Bertz CT molecular complexity index is 531. The van der Waals surface area contributed by atoms with E-state index in [2.05, 4.69) is 17.4 Å². The van der Waals surface area contributed by atoms with E-state index < -0.39 is 0 Å². The van der Waals surface area contributed by atoms with Gasteiger partial charge in [-0.05, 0) is 25.0 Å². The van der Waals surface area contributed by atoms with E-state index in [0.717, 1.165) is 34.0 Å². The Morgan fingerprint density at radius 1 is 1.29 bits per heavy atom. The molecule has 0 aromatic heterocycles. The maximum atomic E-state index is 12.4. The second-order valence-corrected chi connectivity index (χ2v) is 6.30. The van der Waals surface area contributed by atoms with Crippen LogP contribution in [0.25, 0.3) is 0 Å². The van der Waals surface area contributed by atoms with Gasteiger partial charge >= 0.3 is 0 Å². The zero-order valence-corrected chi connectivity index (χ0v) is 10.9. The largest absolute Gasteiger partial charge is 0.357 e. The summed E-state index contributed by atoms with van der Waals surface area (Å²) in [6.07, 6.45) is 1.90. The first-order valence-corrected chi connectivity index (χ1v) is 6.71. The smallest absolute Gasteiger partial charge is 0.176 e. The number of hydrogen-bond donors (Lipinski definition) is 1. The quantitative estimate of drug-likeness (QED) is 0.753. The molecule has 0 radical (unpaired) electrons. The molecule has 0 saturated heterocycles. The number of anilines is 1. The van der Waals surface area contributed by atoms with Crippen LogP contribution in [0, 0.1) is 5.41 Å². The number of para-hydroxylation sites is 1. The lowest BCUT2D eigenvalue weighted by Gasteiger charge is -2.34. The molecule has 3 rings (SSSR count). The maximum absolute atomic E-state index is 12.4. The van der Waals surface area contributed by atoms with Crippen molar-refractivity contribution in [3.63, 3.8) is 0 Å². The molecule has 3 heteroatoms. The topological polar surface area (TPSA) is 29.1 Å². The van der Waals surface area contributed by atoms with Crippen LogP contribution in [0.1, 0.15) is 26.7 Å². The van der Waals surface area contributed by atoms with Gasteiger partial charge in [-0.15, -0.1) is 0 Å². The van der Waals surface area contributed by atoms with Crippen LogP contribution in [0.3, 0.4) is 0 Å². The third-order valence-corrected chi connectivity index (χ3v) is 4.69. The molecule has 0 spiro atoms. The van der Waals surface area contributed by atoms with E-state index in [4.69, 9.17) is 0 Å². The summed E-state index contributed by atoms with van der Waals surface area (Å²) in [5, 5.41) is 3.41. The molecule has 17 heavy (non-hydrogen) atoms. The van der Waals surface area contributed by atoms with Crippen LogP contribution in [0.5, 0.6) is 0 Å². The van der Waals surface area contributed by atoms with Crippen LogP contribution in [0.2, 0.25) is 0 Å². The predicted octanol–water partition coefficient (Wildman–Crippen LogP) is 3.80. The Labute approximate surface area is 105 Å². The molecule has 0 bridgehead atoms. The number of rotatable bonds is 0. The summed E-state index contributed by atoms with van der Waals surface area (Å²) in [5.74, 6) is 0.283. The fourth-order valence-corrected chi connectivity index (χ4v) is 3.51. The maximum Gasteiger partial charge on any atom is 0.176 e. The average Bonchev–Trinajstić information content (AvgIpc) is 2.33. The fourth-order valence-electron chi connectivity index (χ4n) is 2.27. The van der Waals surface area contributed by atoms with E-state index in [1.54, 1.807) is 11.8 Å². The third kappa shape index (κ3) is 1.69. The molecular weight excluding hydrogens is 230 g/mol. The second kappa shape index (κ2) is 3.64. The highest BCUT2D eigenvalue weighted by Gasteiger charge is 2.38. The van der Waals surface area contributed by atoms with Gasteiger partial charge in [0, 0.05) is 16.0 Å². The van der Waals surface area contributed by atoms with E-state index in [0.29, 0.717) is 0 Å². The number of thioether (sulfide) groups is 1. The molecule has 1 aliphatic carbocycles. The zero-order chi connectivity index (χ0) is 12.0. The summed E-state index contributed by atoms with van der Waals surface area (Å²) in [4.78, 5) is 14.4. The Morgan fingerprint density at radius 3 is 2.88 bits per heavy atom. The summed E-state index contributed by atoms with van der Waals surface area (Å²) >= 11 is 1.62. The number of carbonyl (C=O) groups is 1. The molecule has 88 valence electrons.